The minimum absolute atomic E-state index is 0.295. The number of aliphatic hydroxyl groups excluding tert-OH is 1. The van der Waals surface area contributed by atoms with Gasteiger partial charge in [-0.25, -0.2) is 4.79 Å². The van der Waals surface area contributed by atoms with E-state index in [0.717, 1.165) is 17.5 Å². The first-order valence-electron chi connectivity index (χ1n) is 12.3. The van der Waals surface area contributed by atoms with Gasteiger partial charge in [-0.2, -0.15) is 0 Å². The fourth-order valence-corrected chi connectivity index (χ4v) is 3.75. The zero-order chi connectivity index (χ0) is 26.9. The van der Waals surface area contributed by atoms with E-state index >= 15 is 0 Å². The molecule has 2 aromatic carbocycles. The number of carbonyl (C=O) groups is 3. The summed E-state index contributed by atoms with van der Waals surface area (Å²) >= 11 is 0. The van der Waals surface area contributed by atoms with Crippen LogP contribution < -0.4 is 10.6 Å². The normalized spacial score (nSPS) is 13.0. The maximum atomic E-state index is 13.6. The van der Waals surface area contributed by atoms with Crippen LogP contribution in [0.1, 0.15) is 64.3 Å². The molecule has 196 valence electrons. The summed E-state index contributed by atoms with van der Waals surface area (Å²) in [4.78, 5) is 40.9. The third-order valence-electron chi connectivity index (χ3n) is 5.52. The first-order valence-corrected chi connectivity index (χ1v) is 12.3. The lowest BCUT2D eigenvalue weighted by atomic mass is 9.99. The molecule has 0 fully saturated rings. The monoisotopic (exact) mass is 497 g/mol. The minimum Gasteiger partial charge on any atom is -0.444 e. The van der Waals surface area contributed by atoms with Crippen molar-refractivity contribution in [3.05, 3.63) is 71.3 Å². The Morgan fingerprint density at radius 3 is 2.08 bits per heavy atom. The number of aryl methyl sites for hydroxylation is 1. The number of ether oxygens (including phenoxy) is 1. The Morgan fingerprint density at radius 1 is 0.972 bits per heavy atom. The van der Waals surface area contributed by atoms with Crippen LogP contribution >= 0.6 is 0 Å². The number of amides is 3. The number of aliphatic hydroxyl groups is 1. The van der Waals surface area contributed by atoms with Gasteiger partial charge in [-0.1, -0.05) is 61.5 Å². The van der Waals surface area contributed by atoms with E-state index in [1.54, 1.807) is 34.6 Å². The average molecular weight is 498 g/mol. The van der Waals surface area contributed by atoms with Crippen LogP contribution in [-0.4, -0.2) is 52.2 Å². The summed E-state index contributed by atoms with van der Waals surface area (Å²) in [6.07, 6.45) is 0.0145. The highest BCUT2D eigenvalue weighted by Gasteiger charge is 2.37. The molecular weight excluding hydrogens is 458 g/mol. The highest BCUT2D eigenvalue weighted by atomic mass is 16.6. The third kappa shape index (κ3) is 8.37. The standard InChI is InChI=1S/C28H39N3O5/c1-7-20-13-15-22(16-14-20)24(25(33)29-17-21-11-9-8-10-12-21)31(19(2)3)26(34)23(18-32)30-27(35)36-28(4,5)6/h8-16,19,23-24,32H,7,17-18H2,1-6H3,(H,29,33)(H,30,35). The second-order valence-corrected chi connectivity index (χ2v) is 9.92. The maximum Gasteiger partial charge on any atom is 0.408 e. The van der Waals surface area contributed by atoms with Crippen LogP contribution in [0.5, 0.6) is 0 Å². The Morgan fingerprint density at radius 2 is 1.58 bits per heavy atom. The topological polar surface area (TPSA) is 108 Å². The van der Waals surface area contributed by atoms with Gasteiger partial charge >= 0.3 is 6.09 Å². The average Bonchev–Trinajstić information content (AvgIpc) is 2.83. The Hall–Kier alpha value is -3.39. The van der Waals surface area contributed by atoms with Gasteiger partial charge in [0.25, 0.3) is 0 Å². The summed E-state index contributed by atoms with van der Waals surface area (Å²) in [5.41, 5.74) is 1.89. The van der Waals surface area contributed by atoms with Crippen molar-refractivity contribution in [2.24, 2.45) is 0 Å². The summed E-state index contributed by atoms with van der Waals surface area (Å²) in [5.74, 6) is -0.947. The van der Waals surface area contributed by atoms with E-state index in [0.29, 0.717) is 12.1 Å². The van der Waals surface area contributed by atoms with Gasteiger partial charge in [0.1, 0.15) is 17.7 Å². The highest BCUT2D eigenvalue weighted by Crippen LogP contribution is 2.26. The molecule has 2 rings (SSSR count). The Kier molecular flexibility index (Phi) is 10.5. The Balaban J connectivity index is 2.38. The van der Waals surface area contributed by atoms with Gasteiger partial charge in [0, 0.05) is 12.6 Å². The van der Waals surface area contributed by atoms with Crippen LogP contribution in [0.25, 0.3) is 0 Å². The van der Waals surface area contributed by atoms with Crippen molar-refractivity contribution in [1.82, 2.24) is 15.5 Å². The minimum atomic E-state index is -1.28. The second-order valence-electron chi connectivity index (χ2n) is 9.92. The molecule has 0 aliphatic heterocycles. The fraction of sp³-hybridized carbons (Fsp3) is 0.464. The van der Waals surface area contributed by atoms with Crippen molar-refractivity contribution in [3.63, 3.8) is 0 Å². The predicted octanol–water partition coefficient (Wildman–Crippen LogP) is 3.73. The molecule has 2 aromatic rings. The predicted molar refractivity (Wildman–Crippen MR) is 139 cm³/mol. The lowest BCUT2D eigenvalue weighted by Crippen LogP contribution is -2.56. The molecule has 8 heteroatoms. The zero-order valence-electron chi connectivity index (χ0n) is 22.1. The molecule has 0 bridgehead atoms. The van der Waals surface area contributed by atoms with Crippen molar-refractivity contribution in [1.29, 1.82) is 0 Å². The van der Waals surface area contributed by atoms with Gasteiger partial charge in [-0.3, -0.25) is 9.59 Å². The summed E-state index contributed by atoms with van der Waals surface area (Å²) in [6, 6.07) is 14.4. The molecule has 0 aliphatic rings. The number of alkyl carbamates (subject to hydrolysis) is 1. The SMILES string of the molecule is CCc1ccc(C(C(=O)NCc2ccccc2)N(C(=O)C(CO)NC(=O)OC(C)(C)C)C(C)C)cc1. The molecule has 0 saturated heterocycles. The molecule has 2 unspecified atom stereocenters. The largest absolute Gasteiger partial charge is 0.444 e. The van der Waals surface area contributed by atoms with Gasteiger partial charge < -0.3 is 25.4 Å². The van der Waals surface area contributed by atoms with E-state index < -0.39 is 42.3 Å². The molecular formula is C28H39N3O5. The van der Waals surface area contributed by atoms with Crippen LogP contribution in [0.3, 0.4) is 0 Å². The van der Waals surface area contributed by atoms with Crippen molar-refractivity contribution < 1.29 is 24.2 Å². The molecule has 0 saturated carbocycles. The quantitative estimate of drug-likeness (QED) is 0.464. The Bertz CT molecular complexity index is 1000. The molecule has 36 heavy (non-hydrogen) atoms. The molecule has 0 heterocycles. The fourth-order valence-electron chi connectivity index (χ4n) is 3.75. The summed E-state index contributed by atoms with van der Waals surface area (Å²) in [5, 5.41) is 15.4. The lowest BCUT2D eigenvalue weighted by Gasteiger charge is -2.37. The molecule has 3 N–H and O–H groups in total. The van der Waals surface area contributed by atoms with Gasteiger partial charge in [0.05, 0.1) is 6.61 Å². The molecule has 3 amide bonds. The van der Waals surface area contributed by atoms with E-state index in [1.165, 1.54) is 4.90 Å². The van der Waals surface area contributed by atoms with E-state index in [2.05, 4.69) is 10.6 Å². The number of nitrogens with one attached hydrogen (secondary N) is 2. The molecule has 0 spiro atoms. The summed E-state index contributed by atoms with van der Waals surface area (Å²) < 4.78 is 5.25. The third-order valence-corrected chi connectivity index (χ3v) is 5.52. The molecule has 0 radical (unpaired) electrons. The van der Waals surface area contributed by atoms with Gasteiger partial charge in [-0.05, 0) is 57.7 Å². The van der Waals surface area contributed by atoms with Crippen LogP contribution in [-0.2, 0) is 27.3 Å². The number of hydrogen-bond donors (Lipinski definition) is 3. The second kappa shape index (κ2) is 13.1. The number of rotatable bonds is 10. The number of hydrogen-bond acceptors (Lipinski definition) is 5. The van der Waals surface area contributed by atoms with Crippen LogP contribution in [0.15, 0.2) is 54.6 Å². The van der Waals surface area contributed by atoms with E-state index in [-0.39, 0.29) is 5.91 Å². The Labute approximate surface area is 214 Å². The summed E-state index contributed by atoms with van der Waals surface area (Å²) in [7, 11) is 0. The van der Waals surface area contributed by atoms with Crippen molar-refractivity contribution in [2.75, 3.05) is 6.61 Å². The van der Waals surface area contributed by atoms with Gasteiger partial charge in [0.2, 0.25) is 11.8 Å². The van der Waals surface area contributed by atoms with E-state index in [4.69, 9.17) is 4.74 Å². The van der Waals surface area contributed by atoms with E-state index in [9.17, 15) is 19.5 Å². The van der Waals surface area contributed by atoms with Crippen LogP contribution in [0.2, 0.25) is 0 Å². The van der Waals surface area contributed by atoms with Crippen LogP contribution in [0.4, 0.5) is 4.79 Å². The van der Waals surface area contributed by atoms with E-state index in [1.807, 2.05) is 61.5 Å². The smallest absolute Gasteiger partial charge is 0.408 e. The molecule has 0 aromatic heterocycles. The zero-order valence-corrected chi connectivity index (χ0v) is 22.1. The molecule has 8 nitrogen and oxygen atoms in total. The molecule has 0 aliphatic carbocycles. The van der Waals surface area contributed by atoms with Crippen molar-refractivity contribution >= 4 is 17.9 Å². The highest BCUT2D eigenvalue weighted by molar-refractivity contribution is 5.92. The summed E-state index contributed by atoms with van der Waals surface area (Å²) in [6.45, 7) is 10.4. The lowest BCUT2D eigenvalue weighted by molar-refractivity contribution is -0.145. The number of nitrogens with zero attached hydrogens (tertiary/aromatic N) is 1. The van der Waals surface area contributed by atoms with Gasteiger partial charge in [0.15, 0.2) is 0 Å². The molecule has 2 atom stereocenters. The number of carbonyl (C=O) groups excluding carboxylic acids is 3. The van der Waals surface area contributed by atoms with Crippen molar-refractivity contribution in [2.45, 2.75) is 78.2 Å². The number of benzene rings is 2. The first-order chi connectivity index (χ1) is 17.0. The van der Waals surface area contributed by atoms with Gasteiger partial charge in [-0.15, -0.1) is 0 Å². The maximum absolute atomic E-state index is 13.6. The van der Waals surface area contributed by atoms with Crippen LogP contribution in [0, 0.1) is 0 Å². The van der Waals surface area contributed by atoms with Crippen molar-refractivity contribution in [3.8, 4) is 0 Å². The first kappa shape index (κ1) is 28.8.